The van der Waals surface area contributed by atoms with Gasteiger partial charge in [0.2, 0.25) is 0 Å². The number of halogens is 4. The van der Waals surface area contributed by atoms with Gasteiger partial charge in [-0.15, -0.1) is 10.2 Å². The number of aromatic nitrogens is 3. The second kappa shape index (κ2) is 7.98. The topological polar surface area (TPSA) is 36.7 Å². The summed E-state index contributed by atoms with van der Waals surface area (Å²) in [4.78, 5) is 4.23. The van der Waals surface area contributed by atoms with Crippen LogP contribution < -0.4 is 4.90 Å². The molecule has 0 unspecified atom stereocenters. The predicted molar refractivity (Wildman–Crippen MR) is 113 cm³/mol. The van der Waals surface area contributed by atoms with Crippen molar-refractivity contribution in [1.82, 2.24) is 19.5 Å². The first kappa shape index (κ1) is 20.6. The highest BCUT2D eigenvalue weighted by atomic mass is 35.5. The molecule has 0 amide bonds. The largest absolute Gasteiger partial charge is 0.420 e. The number of pyridine rings is 1. The summed E-state index contributed by atoms with van der Waals surface area (Å²) in [6, 6.07) is 9.23. The Bertz CT molecular complexity index is 1080. The minimum absolute atomic E-state index is 0.0876. The quantitative estimate of drug-likeness (QED) is 0.567. The lowest BCUT2D eigenvalue weighted by atomic mass is 10.1. The summed E-state index contributed by atoms with van der Waals surface area (Å²) in [6.07, 6.45) is 0.110. The van der Waals surface area contributed by atoms with Gasteiger partial charge < -0.3 is 4.90 Å². The van der Waals surface area contributed by atoms with E-state index in [0.29, 0.717) is 49.4 Å². The maximum absolute atomic E-state index is 14.0. The van der Waals surface area contributed by atoms with E-state index in [2.05, 4.69) is 20.0 Å². The number of anilines is 1. The van der Waals surface area contributed by atoms with E-state index in [0.717, 1.165) is 18.5 Å². The molecule has 1 aliphatic heterocycles. The van der Waals surface area contributed by atoms with Gasteiger partial charge in [0.25, 0.3) is 0 Å². The van der Waals surface area contributed by atoms with Crippen molar-refractivity contribution in [2.24, 2.45) is 5.92 Å². The Hall–Kier alpha value is -2.32. The first-order valence-electron chi connectivity index (χ1n) is 10.5. The smallest absolute Gasteiger partial charge is 0.368 e. The maximum atomic E-state index is 14.0. The Morgan fingerprint density at radius 3 is 2.42 bits per heavy atom. The average molecular weight is 450 g/mol. The summed E-state index contributed by atoms with van der Waals surface area (Å²) >= 11 is 6.29. The summed E-state index contributed by atoms with van der Waals surface area (Å²) in [5, 5.41) is 8.69. The van der Waals surface area contributed by atoms with E-state index in [4.69, 9.17) is 11.6 Å². The number of alkyl halides is 3. The van der Waals surface area contributed by atoms with E-state index >= 15 is 0 Å². The van der Waals surface area contributed by atoms with Crippen molar-refractivity contribution in [3.63, 3.8) is 0 Å². The third-order valence-corrected chi connectivity index (χ3v) is 6.47. The minimum Gasteiger partial charge on any atom is -0.368 e. The van der Waals surface area contributed by atoms with Crippen LogP contribution in [0, 0.1) is 5.92 Å². The van der Waals surface area contributed by atoms with Crippen LogP contribution >= 0.6 is 11.6 Å². The van der Waals surface area contributed by atoms with Crippen LogP contribution in [-0.4, -0.2) is 45.7 Å². The molecule has 1 saturated carbocycles. The number of benzene rings is 1. The van der Waals surface area contributed by atoms with Crippen LogP contribution in [0.4, 0.5) is 18.9 Å². The molecular weight excluding hydrogens is 427 g/mol. The lowest BCUT2D eigenvalue weighted by Gasteiger charge is -2.36. The molecule has 0 radical (unpaired) electrons. The second-order valence-electron chi connectivity index (χ2n) is 8.39. The molecule has 0 spiro atoms. The molecule has 1 saturated heterocycles. The number of fused-ring (bicyclic) bond motifs is 1. The van der Waals surface area contributed by atoms with E-state index in [-0.39, 0.29) is 17.8 Å². The van der Waals surface area contributed by atoms with Gasteiger partial charge >= 0.3 is 6.18 Å². The summed E-state index contributed by atoms with van der Waals surface area (Å²) in [7, 11) is 0. The number of hydrogen-bond donors (Lipinski definition) is 0. The third-order valence-electron chi connectivity index (χ3n) is 6.15. The van der Waals surface area contributed by atoms with E-state index in [1.165, 1.54) is 4.40 Å². The Labute approximate surface area is 183 Å². The third kappa shape index (κ3) is 4.23. The zero-order valence-corrected chi connectivity index (χ0v) is 17.7. The number of piperazine rings is 1. The number of hydrogen-bond acceptors (Lipinski definition) is 4. The molecule has 3 heterocycles. The molecule has 0 atom stereocenters. The standard InChI is InChI=1S/C22H23ClF3N5/c23-17-3-1-2-4-18(17)30-11-9-29(10-12-30)14-16-7-8-31-19(13-15-5-6-15)27-28-21(31)20(16)22(24,25)26/h1-4,7-8,15H,5-6,9-14H2. The van der Waals surface area contributed by atoms with Crippen LogP contribution in [0.25, 0.3) is 5.65 Å². The highest BCUT2D eigenvalue weighted by Gasteiger charge is 2.38. The molecule has 5 nitrogen and oxygen atoms in total. The van der Waals surface area contributed by atoms with E-state index < -0.39 is 11.7 Å². The Morgan fingerprint density at radius 2 is 1.74 bits per heavy atom. The van der Waals surface area contributed by atoms with E-state index in [9.17, 15) is 13.2 Å². The number of para-hydroxylation sites is 1. The van der Waals surface area contributed by atoms with Crippen molar-refractivity contribution < 1.29 is 13.2 Å². The predicted octanol–water partition coefficient (Wildman–Crippen LogP) is 4.68. The highest BCUT2D eigenvalue weighted by molar-refractivity contribution is 6.33. The van der Waals surface area contributed by atoms with Crippen LogP contribution in [0.1, 0.15) is 29.8 Å². The van der Waals surface area contributed by atoms with Gasteiger partial charge in [0.1, 0.15) is 11.4 Å². The van der Waals surface area contributed by atoms with Crippen LogP contribution in [0.5, 0.6) is 0 Å². The Morgan fingerprint density at radius 1 is 1.00 bits per heavy atom. The van der Waals surface area contributed by atoms with E-state index in [1.54, 1.807) is 12.3 Å². The molecule has 9 heteroatoms. The molecule has 2 aromatic heterocycles. The number of rotatable bonds is 5. The van der Waals surface area contributed by atoms with Gasteiger partial charge in [0.15, 0.2) is 5.65 Å². The zero-order chi connectivity index (χ0) is 21.6. The summed E-state index contributed by atoms with van der Waals surface area (Å²) in [6.45, 7) is 2.97. The van der Waals surface area contributed by atoms with Gasteiger partial charge in [-0.2, -0.15) is 13.2 Å². The van der Waals surface area contributed by atoms with Gasteiger partial charge in [-0.1, -0.05) is 23.7 Å². The highest BCUT2D eigenvalue weighted by Crippen LogP contribution is 2.37. The molecule has 0 N–H and O–H groups in total. The normalized spacial score (nSPS) is 18.1. The molecule has 0 bridgehead atoms. The van der Waals surface area contributed by atoms with Gasteiger partial charge in [-0.05, 0) is 42.5 Å². The molecular formula is C22H23ClF3N5. The monoisotopic (exact) mass is 449 g/mol. The van der Waals surface area contributed by atoms with Crippen LogP contribution in [0.3, 0.4) is 0 Å². The molecule has 5 rings (SSSR count). The lowest BCUT2D eigenvalue weighted by Crippen LogP contribution is -2.46. The zero-order valence-electron chi connectivity index (χ0n) is 16.9. The molecule has 2 aliphatic rings. The first-order valence-corrected chi connectivity index (χ1v) is 10.9. The van der Waals surface area contributed by atoms with Crippen LogP contribution in [0.2, 0.25) is 5.02 Å². The molecule has 31 heavy (non-hydrogen) atoms. The van der Waals surface area contributed by atoms with Gasteiger partial charge in [-0.25, -0.2) is 0 Å². The average Bonchev–Trinajstić information content (AvgIpc) is 3.47. The van der Waals surface area contributed by atoms with Crippen molar-refractivity contribution in [2.75, 3.05) is 31.1 Å². The first-order chi connectivity index (χ1) is 14.9. The summed E-state index contributed by atoms with van der Waals surface area (Å²) < 4.78 is 43.6. The fraction of sp³-hybridized carbons (Fsp3) is 0.455. The van der Waals surface area contributed by atoms with Crippen molar-refractivity contribution in [1.29, 1.82) is 0 Å². The Kier molecular flexibility index (Phi) is 5.30. The van der Waals surface area contributed by atoms with Crippen molar-refractivity contribution in [2.45, 2.75) is 32.0 Å². The van der Waals surface area contributed by atoms with Crippen molar-refractivity contribution in [3.8, 4) is 0 Å². The molecule has 164 valence electrons. The fourth-order valence-electron chi connectivity index (χ4n) is 4.30. The molecule has 3 aromatic rings. The van der Waals surface area contributed by atoms with Gasteiger partial charge in [0, 0.05) is 45.3 Å². The minimum atomic E-state index is -4.49. The SMILES string of the molecule is FC(F)(F)c1c(CN2CCN(c3ccccc3Cl)CC2)ccn2c(CC3CC3)nnc12. The molecule has 1 aromatic carbocycles. The second-order valence-corrected chi connectivity index (χ2v) is 8.79. The van der Waals surface area contributed by atoms with Crippen molar-refractivity contribution in [3.05, 3.63) is 58.5 Å². The fourth-order valence-corrected chi connectivity index (χ4v) is 4.55. The van der Waals surface area contributed by atoms with Gasteiger partial charge in [0.05, 0.1) is 10.7 Å². The Balaban J connectivity index is 1.36. The number of nitrogens with zero attached hydrogens (tertiary/aromatic N) is 5. The lowest BCUT2D eigenvalue weighted by molar-refractivity contribution is -0.137. The van der Waals surface area contributed by atoms with Crippen LogP contribution in [-0.2, 0) is 19.1 Å². The molecule has 1 aliphatic carbocycles. The van der Waals surface area contributed by atoms with Crippen LogP contribution in [0.15, 0.2) is 36.5 Å². The van der Waals surface area contributed by atoms with E-state index in [1.807, 2.05) is 24.3 Å². The summed E-state index contributed by atoms with van der Waals surface area (Å²) in [5.41, 5.74) is 0.456. The van der Waals surface area contributed by atoms with Crippen molar-refractivity contribution >= 4 is 22.9 Å². The summed E-state index contributed by atoms with van der Waals surface area (Å²) in [5.74, 6) is 1.14. The molecule has 2 fully saturated rings. The van der Waals surface area contributed by atoms with Gasteiger partial charge in [-0.3, -0.25) is 9.30 Å². The maximum Gasteiger partial charge on any atom is 0.420 e.